The largest absolute Gasteiger partial charge is 0.467 e. The molecule has 0 saturated heterocycles. The lowest BCUT2D eigenvalue weighted by Gasteiger charge is -2.20. The van der Waals surface area contributed by atoms with Crippen molar-refractivity contribution in [3.05, 3.63) is 74.8 Å². The molecule has 26 heavy (non-hydrogen) atoms. The summed E-state index contributed by atoms with van der Waals surface area (Å²) in [4.78, 5) is 22.6. The highest BCUT2D eigenvalue weighted by Crippen LogP contribution is 2.33. The number of hydrogen-bond donors (Lipinski definition) is 0. The van der Waals surface area contributed by atoms with E-state index in [0.717, 1.165) is 11.1 Å². The number of carbonyl (C=O) groups excluding carboxylic acids is 1. The van der Waals surface area contributed by atoms with Gasteiger partial charge in [0.2, 0.25) is 0 Å². The van der Waals surface area contributed by atoms with Gasteiger partial charge in [0.25, 0.3) is 5.69 Å². The van der Waals surface area contributed by atoms with Crippen LogP contribution in [0.15, 0.2) is 42.5 Å². The zero-order valence-electron chi connectivity index (χ0n) is 14.1. The van der Waals surface area contributed by atoms with E-state index >= 15 is 0 Å². The molecular formula is C19H17NO6. The molecule has 7 heteroatoms. The molecule has 134 valence electrons. The number of esters is 1. The topological polar surface area (TPSA) is 87.9 Å². The van der Waals surface area contributed by atoms with Crippen LogP contribution < -0.4 is 4.74 Å². The van der Waals surface area contributed by atoms with Gasteiger partial charge in [0.05, 0.1) is 11.5 Å². The molecule has 0 aromatic heterocycles. The van der Waals surface area contributed by atoms with Crippen molar-refractivity contribution in [2.45, 2.75) is 20.1 Å². The number of aryl methyl sites for hydroxylation is 1. The van der Waals surface area contributed by atoms with E-state index in [1.807, 2.05) is 31.2 Å². The summed E-state index contributed by atoms with van der Waals surface area (Å²) < 4.78 is 15.8. The Morgan fingerprint density at radius 2 is 2.15 bits per heavy atom. The molecule has 0 spiro atoms. The second-order valence-corrected chi connectivity index (χ2v) is 5.76. The lowest BCUT2D eigenvalue weighted by molar-refractivity contribution is -0.385. The Hall–Kier alpha value is -3.19. The second-order valence-electron chi connectivity index (χ2n) is 5.76. The predicted molar refractivity (Wildman–Crippen MR) is 93.4 cm³/mol. The van der Waals surface area contributed by atoms with E-state index < -0.39 is 10.9 Å². The zero-order valence-corrected chi connectivity index (χ0v) is 14.1. The third-order valence-corrected chi connectivity index (χ3v) is 3.94. The van der Waals surface area contributed by atoms with Crippen molar-refractivity contribution in [3.8, 4) is 5.75 Å². The first kappa shape index (κ1) is 17.6. The highest BCUT2D eigenvalue weighted by molar-refractivity contribution is 5.87. The number of ether oxygens (including phenoxy) is 3. The van der Waals surface area contributed by atoms with Crippen LogP contribution in [0, 0.1) is 17.0 Å². The highest BCUT2D eigenvalue weighted by atomic mass is 16.7. The number of fused-ring (bicyclic) bond motifs is 1. The molecule has 1 aliphatic heterocycles. The number of nitrogens with zero attached hydrogens (tertiary/aromatic N) is 1. The predicted octanol–water partition coefficient (Wildman–Crippen LogP) is 3.53. The molecule has 1 heterocycles. The monoisotopic (exact) mass is 355 g/mol. The Morgan fingerprint density at radius 3 is 2.92 bits per heavy atom. The first-order valence-electron chi connectivity index (χ1n) is 7.96. The van der Waals surface area contributed by atoms with Gasteiger partial charge in [-0.15, -0.1) is 0 Å². The highest BCUT2D eigenvalue weighted by Gasteiger charge is 2.21. The number of rotatable bonds is 5. The molecule has 0 saturated carbocycles. The lowest BCUT2D eigenvalue weighted by atomic mass is 10.1. The summed E-state index contributed by atoms with van der Waals surface area (Å²) >= 11 is 0. The molecule has 0 aliphatic carbocycles. The van der Waals surface area contributed by atoms with Crippen molar-refractivity contribution >= 4 is 17.7 Å². The van der Waals surface area contributed by atoms with Gasteiger partial charge < -0.3 is 14.2 Å². The zero-order chi connectivity index (χ0) is 18.5. The fraction of sp³-hybridized carbons (Fsp3) is 0.211. The van der Waals surface area contributed by atoms with E-state index in [1.54, 1.807) is 6.08 Å². The molecule has 1 aliphatic rings. The Kier molecular flexibility index (Phi) is 5.28. The van der Waals surface area contributed by atoms with Crippen LogP contribution >= 0.6 is 0 Å². The molecule has 0 atom stereocenters. The minimum absolute atomic E-state index is 0.0545. The van der Waals surface area contributed by atoms with Crippen LogP contribution in [0.2, 0.25) is 0 Å². The van der Waals surface area contributed by atoms with Crippen LogP contribution in [-0.2, 0) is 27.5 Å². The molecule has 2 aromatic rings. The normalized spacial score (nSPS) is 13.1. The van der Waals surface area contributed by atoms with Crippen molar-refractivity contribution in [2.24, 2.45) is 0 Å². The van der Waals surface area contributed by atoms with Crippen molar-refractivity contribution < 1.29 is 23.9 Å². The molecule has 0 N–H and O–H groups in total. The van der Waals surface area contributed by atoms with Gasteiger partial charge in [-0.3, -0.25) is 10.1 Å². The molecular weight excluding hydrogens is 338 g/mol. The standard InChI is InChI=1S/C19H17NO6/c1-13-4-2-3-5-14(13)6-7-18(21)25-11-16-9-17(20(22)23)8-15-10-24-12-26-19(15)16/h2-9H,10-12H2,1H3/b7-6+. The molecule has 2 aromatic carbocycles. The average molecular weight is 355 g/mol. The summed E-state index contributed by atoms with van der Waals surface area (Å²) in [7, 11) is 0. The van der Waals surface area contributed by atoms with Crippen molar-refractivity contribution in [1.29, 1.82) is 0 Å². The van der Waals surface area contributed by atoms with E-state index in [-0.39, 0.29) is 25.7 Å². The SMILES string of the molecule is Cc1ccccc1/C=C/C(=O)OCc1cc([N+](=O)[O-])cc2c1OCOC2. The van der Waals surface area contributed by atoms with E-state index in [9.17, 15) is 14.9 Å². The third kappa shape index (κ3) is 4.07. The van der Waals surface area contributed by atoms with Crippen LogP contribution in [0.4, 0.5) is 5.69 Å². The van der Waals surface area contributed by atoms with E-state index in [2.05, 4.69) is 0 Å². The van der Waals surface area contributed by atoms with Crippen LogP contribution in [0.5, 0.6) is 5.75 Å². The first-order chi connectivity index (χ1) is 12.5. The summed E-state index contributed by atoms with van der Waals surface area (Å²) in [5, 5.41) is 11.1. The minimum atomic E-state index is -0.541. The third-order valence-electron chi connectivity index (χ3n) is 3.94. The minimum Gasteiger partial charge on any atom is -0.467 e. The quantitative estimate of drug-likeness (QED) is 0.353. The fourth-order valence-corrected chi connectivity index (χ4v) is 2.62. The second kappa shape index (κ2) is 7.79. The summed E-state index contributed by atoms with van der Waals surface area (Å²) in [5.74, 6) is -0.0712. The molecule has 3 rings (SSSR count). The van der Waals surface area contributed by atoms with Crippen LogP contribution in [0.3, 0.4) is 0 Å². The smallest absolute Gasteiger partial charge is 0.331 e. The molecule has 0 fully saturated rings. The maximum Gasteiger partial charge on any atom is 0.331 e. The van der Waals surface area contributed by atoms with E-state index in [4.69, 9.17) is 14.2 Å². The van der Waals surface area contributed by atoms with Gasteiger partial charge in [0.1, 0.15) is 12.4 Å². The molecule has 0 unspecified atom stereocenters. The Bertz CT molecular complexity index is 874. The summed E-state index contributed by atoms with van der Waals surface area (Å²) in [6, 6.07) is 10.4. The molecule has 7 nitrogen and oxygen atoms in total. The Morgan fingerprint density at radius 1 is 1.35 bits per heavy atom. The van der Waals surface area contributed by atoms with Crippen LogP contribution in [0.1, 0.15) is 22.3 Å². The summed E-state index contributed by atoms with van der Waals surface area (Å²) in [5.41, 5.74) is 2.86. The van der Waals surface area contributed by atoms with Crippen molar-refractivity contribution in [2.75, 3.05) is 6.79 Å². The fourth-order valence-electron chi connectivity index (χ4n) is 2.62. The maximum atomic E-state index is 12.0. The number of nitro groups is 1. The Balaban J connectivity index is 1.73. The number of hydrogen-bond acceptors (Lipinski definition) is 6. The first-order valence-corrected chi connectivity index (χ1v) is 7.96. The van der Waals surface area contributed by atoms with Gasteiger partial charge in [-0.2, -0.15) is 0 Å². The average Bonchev–Trinajstić information content (AvgIpc) is 2.65. The van der Waals surface area contributed by atoms with E-state index in [1.165, 1.54) is 18.2 Å². The molecule has 0 radical (unpaired) electrons. The summed E-state index contributed by atoms with van der Waals surface area (Å²) in [6.07, 6.45) is 3.00. The number of non-ortho nitro benzene ring substituents is 1. The van der Waals surface area contributed by atoms with Gasteiger partial charge in [-0.25, -0.2) is 4.79 Å². The van der Waals surface area contributed by atoms with Gasteiger partial charge in [-0.1, -0.05) is 24.3 Å². The van der Waals surface area contributed by atoms with Crippen molar-refractivity contribution in [3.63, 3.8) is 0 Å². The number of carbonyl (C=O) groups is 1. The number of nitro benzene ring substituents is 1. The van der Waals surface area contributed by atoms with Crippen LogP contribution in [-0.4, -0.2) is 17.7 Å². The van der Waals surface area contributed by atoms with E-state index in [0.29, 0.717) is 16.9 Å². The van der Waals surface area contributed by atoms with Gasteiger partial charge in [-0.05, 0) is 24.1 Å². The lowest BCUT2D eigenvalue weighted by Crippen LogP contribution is -2.14. The van der Waals surface area contributed by atoms with Crippen LogP contribution in [0.25, 0.3) is 6.08 Å². The van der Waals surface area contributed by atoms with Gasteiger partial charge in [0.15, 0.2) is 6.79 Å². The summed E-state index contributed by atoms with van der Waals surface area (Å²) in [6.45, 7) is 2.09. The Labute approximate surface area is 150 Å². The van der Waals surface area contributed by atoms with Gasteiger partial charge in [0, 0.05) is 29.3 Å². The molecule has 0 bridgehead atoms. The molecule has 0 amide bonds. The van der Waals surface area contributed by atoms with Gasteiger partial charge >= 0.3 is 5.97 Å². The number of benzene rings is 2. The van der Waals surface area contributed by atoms with Crippen molar-refractivity contribution in [1.82, 2.24) is 0 Å². The maximum absolute atomic E-state index is 12.0.